The molecule has 0 fully saturated rings. The second-order valence-corrected chi connectivity index (χ2v) is 5.73. The SMILES string of the molecule is CCN(CC)C(=O)c1cc2c(s1)CCCCC2. The fourth-order valence-corrected chi connectivity index (χ4v) is 3.66. The van der Waals surface area contributed by atoms with Gasteiger partial charge in [-0.1, -0.05) is 6.42 Å². The van der Waals surface area contributed by atoms with Crippen LogP contribution in [0.3, 0.4) is 0 Å². The van der Waals surface area contributed by atoms with Gasteiger partial charge in [0, 0.05) is 18.0 Å². The number of fused-ring (bicyclic) bond motifs is 1. The van der Waals surface area contributed by atoms with Crippen LogP contribution in [-0.4, -0.2) is 23.9 Å². The number of thiophene rings is 1. The van der Waals surface area contributed by atoms with E-state index in [0.717, 1.165) is 24.4 Å². The Kier molecular flexibility index (Phi) is 4.21. The minimum atomic E-state index is 0.216. The van der Waals surface area contributed by atoms with Gasteiger partial charge in [-0.15, -0.1) is 11.3 Å². The zero-order chi connectivity index (χ0) is 12.3. The highest BCUT2D eigenvalue weighted by Gasteiger charge is 2.19. The fourth-order valence-electron chi connectivity index (χ4n) is 2.44. The molecular formula is C14H21NOS. The molecule has 2 rings (SSSR count). The number of hydrogen-bond donors (Lipinski definition) is 0. The van der Waals surface area contributed by atoms with Crippen LogP contribution in [0.25, 0.3) is 0 Å². The molecule has 1 aromatic rings. The van der Waals surface area contributed by atoms with E-state index in [2.05, 4.69) is 6.07 Å². The Morgan fingerprint density at radius 3 is 2.65 bits per heavy atom. The van der Waals surface area contributed by atoms with Gasteiger partial charge in [0.1, 0.15) is 0 Å². The maximum atomic E-state index is 12.2. The largest absolute Gasteiger partial charge is 0.339 e. The molecule has 0 aromatic carbocycles. The molecule has 1 amide bonds. The van der Waals surface area contributed by atoms with Crippen molar-refractivity contribution in [3.63, 3.8) is 0 Å². The summed E-state index contributed by atoms with van der Waals surface area (Å²) in [4.78, 5) is 16.6. The molecular weight excluding hydrogens is 230 g/mol. The summed E-state index contributed by atoms with van der Waals surface area (Å²) in [7, 11) is 0. The number of amides is 1. The van der Waals surface area contributed by atoms with Crippen molar-refractivity contribution in [2.24, 2.45) is 0 Å². The number of rotatable bonds is 3. The summed E-state index contributed by atoms with van der Waals surface area (Å²) in [5.41, 5.74) is 1.43. The van der Waals surface area contributed by atoms with Crippen LogP contribution in [0, 0.1) is 0 Å². The Morgan fingerprint density at radius 1 is 1.24 bits per heavy atom. The second kappa shape index (κ2) is 5.67. The van der Waals surface area contributed by atoms with Gasteiger partial charge in [0.05, 0.1) is 4.88 Å². The van der Waals surface area contributed by atoms with Crippen molar-refractivity contribution in [2.45, 2.75) is 46.0 Å². The minimum Gasteiger partial charge on any atom is -0.339 e. The summed E-state index contributed by atoms with van der Waals surface area (Å²) in [5.74, 6) is 0.216. The molecule has 0 unspecified atom stereocenters. The van der Waals surface area contributed by atoms with Crippen LogP contribution in [0.4, 0.5) is 0 Å². The topological polar surface area (TPSA) is 20.3 Å². The van der Waals surface area contributed by atoms with E-state index in [1.807, 2.05) is 18.7 Å². The molecule has 1 aliphatic rings. The number of aryl methyl sites for hydroxylation is 2. The predicted molar refractivity (Wildman–Crippen MR) is 72.8 cm³/mol. The van der Waals surface area contributed by atoms with Gasteiger partial charge in [-0.25, -0.2) is 0 Å². The van der Waals surface area contributed by atoms with E-state index in [-0.39, 0.29) is 5.91 Å². The van der Waals surface area contributed by atoms with E-state index in [0.29, 0.717) is 0 Å². The number of carbonyl (C=O) groups is 1. The van der Waals surface area contributed by atoms with Crippen LogP contribution in [0.2, 0.25) is 0 Å². The van der Waals surface area contributed by atoms with Crippen LogP contribution in [0.15, 0.2) is 6.07 Å². The van der Waals surface area contributed by atoms with E-state index in [9.17, 15) is 4.79 Å². The Morgan fingerprint density at radius 2 is 1.94 bits per heavy atom. The predicted octanol–water partition coefficient (Wildman–Crippen LogP) is 3.50. The molecule has 0 atom stereocenters. The van der Waals surface area contributed by atoms with E-state index in [1.54, 1.807) is 11.3 Å². The van der Waals surface area contributed by atoms with Gasteiger partial charge >= 0.3 is 0 Å². The Balaban J connectivity index is 2.19. The molecule has 94 valence electrons. The Labute approximate surface area is 108 Å². The normalized spacial score (nSPS) is 15.2. The van der Waals surface area contributed by atoms with E-state index < -0.39 is 0 Å². The average Bonchev–Trinajstić information content (AvgIpc) is 2.62. The van der Waals surface area contributed by atoms with Gasteiger partial charge in [0.2, 0.25) is 0 Å². The number of hydrogen-bond acceptors (Lipinski definition) is 2. The van der Waals surface area contributed by atoms with E-state index in [4.69, 9.17) is 0 Å². The standard InChI is InChI=1S/C14H21NOS/c1-3-15(4-2)14(16)13-10-11-8-6-5-7-9-12(11)17-13/h10H,3-9H2,1-2H3. The Bertz CT molecular complexity index is 369. The highest BCUT2D eigenvalue weighted by Crippen LogP contribution is 2.29. The molecule has 3 heteroatoms. The van der Waals surface area contributed by atoms with Crippen molar-refractivity contribution in [1.29, 1.82) is 0 Å². The van der Waals surface area contributed by atoms with Crippen molar-refractivity contribution in [3.8, 4) is 0 Å². The smallest absolute Gasteiger partial charge is 0.263 e. The maximum absolute atomic E-state index is 12.2. The quantitative estimate of drug-likeness (QED) is 0.753. The highest BCUT2D eigenvalue weighted by atomic mass is 32.1. The zero-order valence-electron chi connectivity index (χ0n) is 10.8. The second-order valence-electron chi connectivity index (χ2n) is 4.60. The Hall–Kier alpha value is -0.830. The van der Waals surface area contributed by atoms with Crippen molar-refractivity contribution in [1.82, 2.24) is 4.90 Å². The van der Waals surface area contributed by atoms with Gasteiger partial charge in [0.15, 0.2) is 0 Å². The molecule has 1 aromatic heterocycles. The molecule has 0 saturated heterocycles. The molecule has 1 aliphatic carbocycles. The lowest BCUT2D eigenvalue weighted by molar-refractivity contribution is 0.0778. The van der Waals surface area contributed by atoms with E-state index >= 15 is 0 Å². The highest BCUT2D eigenvalue weighted by molar-refractivity contribution is 7.14. The number of carbonyl (C=O) groups excluding carboxylic acids is 1. The first-order valence-corrected chi connectivity index (χ1v) is 7.48. The van der Waals surface area contributed by atoms with Gasteiger partial charge in [0.25, 0.3) is 5.91 Å². The lowest BCUT2D eigenvalue weighted by Gasteiger charge is -2.17. The third kappa shape index (κ3) is 2.71. The van der Waals surface area contributed by atoms with Gasteiger partial charge in [-0.3, -0.25) is 4.79 Å². The first kappa shape index (κ1) is 12.6. The molecule has 1 heterocycles. The van der Waals surface area contributed by atoms with Crippen molar-refractivity contribution < 1.29 is 4.79 Å². The van der Waals surface area contributed by atoms with Crippen LogP contribution in [0.5, 0.6) is 0 Å². The van der Waals surface area contributed by atoms with Crippen LogP contribution >= 0.6 is 11.3 Å². The molecule has 17 heavy (non-hydrogen) atoms. The fraction of sp³-hybridized carbons (Fsp3) is 0.643. The van der Waals surface area contributed by atoms with Crippen LogP contribution in [0.1, 0.15) is 53.2 Å². The summed E-state index contributed by atoms with van der Waals surface area (Å²) in [5, 5.41) is 0. The van der Waals surface area contributed by atoms with Crippen molar-refractivity contribution >= 4 is 17.2 Å². The van der Waals surface area contributed by atoms with E-state index in [1.165, 1.54) is 36.1 Å². The monoisotopic (exact) mass is 251 g/mol. The van der Waals surface area contributed by atoms with Crippen LogP contribution < -0.4 is 0 Å². The average molecular weight is 251 g/mol. The first-order valence-electron chi connectivity index (χ1n) is 6.67. The molecule has 0 saturated carbocycles. The van der Waals surface area contributed by atoms with Crippen molar-refractivity contribution in [3.05, 3.63) is 21.4 Å². The zero-order valence-corrected chi connectivity index (χ0v) is 11.6. The molecule has 0 spiro atoms. The summed E-state index contributed by atoms with van der Waals surface area (Å²) in [6.07, 6.45) is 6.23. The van der Waals surface area contributed by atoms with Gasteiger partial charge < -0.3 is 4.90 Å². The minimum absolute atomic E-state index is 0.216. The lowest BCUT2D eigenvalue weighted by atomic mass is 10.1. The summed E-state index contributed by atoms with van der Waals surface area (Å²) in [6, 6.07) is 2.14. The van der Waals surface area contributed by atoms with Gasteiger partial charge in [-0.05, 0) is 51.2 Å². The summed E-state index contributed by atoms with van der Waals surface area (Å²) in [6.45, 7) is 5.69. The molecule has 0 bridgehead atoms. The lowest BCUT2D eigenvalue weighted by Crippen LogP contribution is -2.29. The van der Waals surface area contributed by atoms with Crippen molar-refractivity contribution in [2.75, 3.05) is 13.1 Å². The third-order valence-electron chi connectivity index (χ3n) is 3.51. The molecule has 0 aliphatic heterocycles. The number of nitrogens with zero attached hydrogens (tertiary/aromatic N) is 1. The summed E-state index contributed by atoms with van der Waals surface area (Å²) < 4.78 is 0. The molecule has 2 nitrogen and oxygen atoms in total. The molecule has 0 N–H and O–H groups in total. The third-order valence-corrected chi connectivity index (χ3v) is 4.73. The van der Waals surface area contributed by atoms with Crippen LogP contribution in [-0.2, 0) is 12.8 Å². The molecule has 0 radical (unpaired) electrons. The summed E-state index contributed by atoms with van der Waals surface area (Å²) >= 11 is 1.72. The first-order chi connectivity index (χ1) is 8.26. The maximum Gasteiger partial charge on any atom is 0.263 e. The van der Waals surface area contributed by atoms with Gasteiger partial charge in [-0.2, -0.15) is 0 Å².